The second kappa shape index (κ2) is 9.49. The van der Waals surface area contributed by atoms with Gasteiger partial charge in [0.1, 0.15) is 5.76 Å². The molecule has 2 N–H and O–H groups in total. The lowest BCUT2D eigenvalue weighted by molar-refractivity contribution is -0.140. The van der Waals surface area contributed by atoms with Gasteiger partial charge < -0.3 is 15.3 Å². The van der Waals surface area contributed by atoms with Gasteiger partial charge in [-0.1, -0.05) is 75.4 Å². The van der Waals surface area contributed by atoms with Crippen LogP contribution >= 0.6 is 0 Å². The number of hydrogen-bond donors (Lipinski definition) is 2. The summed E-state index contributed by atoms with van der Waals surface area (Å²) in [7, 11) is 0. The fourth-order valence-corrected chi connectivity index (χ4v) is 4.56. The number of benzene rings is 2. The van der Waals surface area contributed by atoms with Gasteiger partial charge in [0, 0.05) is 44.8 Å². The number of hydrogen-bond acceptors (Lipinski definition) is 5. The standard InChI is InChI=1S/C27H33N3O3/c1-27(2,3)21-11-9-19(10-12-21)23-22(24(31)20-7-5-4-6-8-20)25(32)26(33)30(23)18-17-29-15-13-28-14-16-29/h4-12,23,28,31H,13-18H2,1-3H3/b24-22+. The normalized spacial score (nSPS) is 21.5. The van der Waals surface area contributed by atoms with Crippen molar-refractivity contribution in [3.63, 3.8) is 0 Å². The van der Waals surface area contributed by atoms with Crippen LogP contribution in [0.25, 0.3) is 5.76 Å². The molecule has 0 aliphatic carbocycles. The molecule has 0 radical (unpaired) electrons. The molecule has 2 aliphatic heterocycles. The highest BCUT2D eigenvalue weighted by molar-refractivity contribution is 6.46. The summed E-state index contributed by atoms with van der Waals surface area (Å²) in [4.78, 5) is 30.2. The Hall–Kier alpha value is -2.96. The molecule has 2 heterocycles. The first-order valence-electron chi connectivity index (χ1n) is 11.6. The number of carbonyl (C=O) groups excluding carboxylic acids is 2. The molecule has 2 saturated heterocycles. The number of nitrogens with zero attached hydrogens (tertiary/aromatic N) is 2. The number of amides is 1. The number of carbonyl (C=O) groups is 2. The predicted molar refractivity (Wildman–Crippen MR) is 130 cm³/mol. The molecule has 2 aliphatic rings. The molecule has 1 amide bonds. The molecule has 2 aromatic rings. The Morgan fingerprint density at radius 2 is 1.61 bits per heavy atom. The van der Waals surface area contributed by atoms with Gasteiger partial charge in [0.2, 0.25) is 0 Å². The minimum Gasteiger partial charge on any atom is -0.507 e. The van der Waals surface area contributed by atoms with Crippen molar-refractivity contribution in [1.29, 1.82) is 0 Å². The van der Waals surface area contributed by atoms with E-state index in [9.17, 15) is 14.7 Å². The predicted octanol–water partition coefficient (Wildman–Crippen LogP) is 3.31. The zero-order valence-corrected chi connectivity index (χ0v) is 19.7. The van der Waals surface area contributed by atoms with Gasteiger partial charge in [0.15, 0.2) is 0 Å². The Bertz CT molecular complexity index is 1030. The number of aliphatic hydroxyl groups is 1. The third-order valence-electron chi connectivity index (χ3n) is 6.55. The molecule has 174 valence electrons. The van der Waals surface area contributed by atoms with Crippen molar-refractivity contribution in [3.05, 3.63) is 76.9 Å². The Labute approximate surface area is 195 Å². The SMILES string of the molecule is CC(C)(C)c1ccc(C2/C(=C(\O)c3ccccc3)C(=O)C(=O)N2CCN2CCNCC2)cc1. The van der Waals surface area contributed by atoms with Gasteiger partial charge in [0.05, 0.1) is 11.6 Å². The molecule has 0 aromatic heterocycles. The summed E-state index contributed by atoms with van der Waals surface area (Å²) in [5.74, 6) is -1.29. The smallest absolute Gasteiger partial charge is 0.295 e. The first-order valence-corrected chi connectivity index (χ1v) is 11.6. The Balaban J connectivity index is 1.73. The summed E-state index contributed by atoms with van der Waals surface area (Å²) in [6.45, 7) is 11.2. The molecule has 1 atom stereocenters. The van der Waals surface area contributed by atoms with E-state index in [0.29, 0.717) is 18.7 Å². The van der Waals surface area contributed by atoms with E-state index in [4.69, 9.17) is 0 Å². The highest BCUT2D eigenvalue weighted by Crippen LogP contribution is 2.39. The average molecular weight is 448 g/mol. The molecule has 1 unspecified atom stereocenters. The van der Waals surface area contributed by atoms with Crippen LogP contribution in [0.2, 0.25) is 0 Å². The Kier molecular flexibility index (Phi) is 6.68. The van der Waals surface area contributed by atoms with Gasteiger partial charge in [-0.25, -0.2) is 0 Å². The molecule has 0 spiro atoms. The van der Waals surface area contributed by atoms with Gasteiger partial charge in [0.25, 0.3) is 11.7 Å². The molecule has 33 heavy (non-hydrogen) atoms. The van der Waals surface area contributed by atoms with Crippen molar-refractivity contribution >= 4 is 17.4 Å². The topological polar surface area (TPSA) is 72.9 Å². The van der Waals surface area contributed by atoms with Crippen molar-refractivity contribution in [2.75, 3.05) is 39.3 Å². The lowest BCUT2D eigenvalue weighted by atomic mass is 9.85. The number of aliphatic hydroxyl groups excluding tert-OH is 1. The number of rotatable bonds is 5. The largest absolute Gasteiger partial charge is 0.507 e. The summed E-state index contributed by atoms with van der Waals surface area (Å²) in [6.07, 6.45) is 0. The monoisotopic (exact) mass is 447 g/mol. The minimum absolute atomic E-state index is 0.00727. The number of Topliss-reactive ketones (excluding diaryl/α,β-unsaturated/α-hetero) is 1. The van der Waals surface area contributed by atoms with Crippen LogP contribution in [0.1, 0.15) is 43.5 Å². The van der Waals surface area contributed by atoms with Crippen LogP contribution in [-0.4, -0.2) is 65.9 Å². The van der Waals surface area contributed by atoms with Crippen molar-refractivity contribution in [2.45, 2.75) is 32.2 Å². The van der Waals surface area contributed by atoms with Crippen LogP contribution in [0.3, 0.4) is 0 Å². The molecule has 0 saturated carbocycles. The first kappa shape index (κ1) is 23.2. The molecule has 6 nitrogen and oxygen atoms in total. The number of nitrogens with one attached hydrogen (secondary N) is 1. The molecule has 6 heteroatoms. The van der Waals surface area contributed by atoms with E-state index in [1.165, 1.54) is 5.56 Å². The zero-order chi connectivity index (χ0) is 23.6. The number of likely N-dealkylation sites (tertiary alicyclic amines) is 1. The van der Waals surface area contributed by atoms with Crippen LogP contribution < -0.4 is 5.32 Å². The van der Waals surface area contributed by atoms with Gasteiger partial charge in [-0.05, 0) is 16.5 Å². The fourth-order valence-electron chi connectivity index (χ4n) is 4.56. The second-order valence-electron chi connectivity index (χ2n) is 9.82. The second-order valence-corrected chi connectivity index (χ2v) is 9.82. The average Bonchev–Trinajstić information content (AvgIpc) is 3.08. The van der Waals surface area contributed by atoms with Gasteiger partial charge in [-0.15, -0.1) is 0 Å². The van der Waals surface area contributed by atoms with E-state index < -0.39 is 17.7 Å². The van der Waals surface area contributed by atoms with Crippen LogP contribution in [0.5, 0.6) is 0 Å². The lowest BCUT2D eigenvalue weighted by Gasteiger charge is -2.31. The third-order valence-corrected chi connectivity index (χ3v) is 6.55. The highest BCUT2D eigenvalue weighted by atomic mass is 16.3. The third kappa shape index (κ3) is 4.87. The van der Waals surface area contributed by atoms with Crippen LogP contribution in [0.4, 0.5) is 0 Å². The van der Waals surface area contributed by atoms with Crippen molar-refractivity contribution in [3.8, 4) is 0 Å². The Morgan fingerprint density at radius 1 is 0.970 bits per heavy atom. The maximum atomic E-state index is 13.2. The summed E-state index contributed by atoms with van der Waals surface area (Å²) >= 11 is 0. The summed E-state index contributed by atoms with van der Waals surface area (Å²) in [5.41, 5.74) is 2.70. The summed E-state index contributed by atoms with van der Waals surface area (Å²) in [6, 6.07) is 16.4. The molecular weight excluding hydrogens is 414 g/mol. The van der Waals surface area contributed by atoms with Crippen LogP contribution in [-0.2, 0) is 15.0 Å². The van der Waals surface area contributed by atoms with Crippen LogP contribution in [0, 0.1) is 0 Å². The quantitative estimate of drug-likeness (QED) is 0.418. The van der Waals surface area contributed by atoms with Crippen molar-refractivity contribution in [2.24, 2.45) is 0 Å². The van der Waals surface area contributed by atoms with Gasteiger partial charge in [-0.3, -0.25) is 14.5 Å². The lowest BCUT2D eigenvalue weighted by Crippen LogP contribution is -2.46. The summed E-state index contributed by atoms with van der Waals surface area (Å²) in [5, 5.41) is 14.5. The van der Waals surface area contributed by atoms with Gasteiger partial charge >= 0.3 is 0 Å². The summed E-state index contributed by atoms with van der Waals surface area (Å²) < 4.78 is 0. The maximum absolute atomic E-state index is 13.2. The molecule has 0 bridgehead atoms. The number of piperazine rings is 1. The molecule has 2 fully saturated rings. The van der Waals surface area contributed by atoms with Crippen molar-refractivity contribution < 1.29 is 14.7 Å². The number of ketones is 1. The maximum Gasteiger partial charge on any atom is 0.295 e. The van der Waals surface area contributed by atoms with Gasteiger partial charge in [-0.2, -0.15) is 0 Å². The van der Waals surface area contributed by atoms with E-state index in [0.717, 1.165) is 31.7 Å². The van der Waals surface area contributed by atoms with Crippen LogP contribution in [0.15, 0.2) is 60.2 Å². The highest BCUT2D eigenvalue weighted by Gasteiger charge is 2.46. The first-order chi connectivity index (χ1) is 15.8. The van der Waals surface area contributed by atoms with E-state index in [1.807, 2.05) is 42.5 Å². The minimum atomic E-state index is -0.624. The molecule has 2 aromatic carbocycles. The molecule has 4 rings (SSSR count). The van der Waals surface area contributed by atoms with E-state index in [1.54, 1.807) is 17.0 Å². The fraction of sp³-hybridized carbons (Fsp3) is 0.407. The molecular formula is C27H33N3O3. The van der Waals surface area contributed by atoms with Crippen molar-refractivity contribution in [1.82, 2.24) is 15.1 Å². The van der Waals surface area contributed by atoms with E-state index >= 15 is 0 Å². The Morgan fingerprint density at radius 3 is 2.21 bits per heavy atom. The van der Waals surface area contributed by atoms with E-state index in [-0.39, 0.29) is 16.7 Å². The zero-order valence-electron chi connectivity index (χ0n) is 19.7. The van der Waals surface area contributed by atoms with E-state index in [2.05, 4.69) is 31.0 Å².